The molecule has 3 aromatic rings. The molecule has 0 amide bonds. The lowest BCUT2D eigenvalue weighted by Gasteiger charge is -2.00. The summed E-state index contributed by atoms with van der Waals surface area (Å²) >= 11 is 1.50. The van der Waals surface area contributed by atoms with Gasteiger partial charge in [0.05, 0.1) is 5.69 Å². The van der Waals surface area contributed by atoms with Gasteiger partial charge in [0.1, 0.15) is 0 Å². The Bertz CT molecular complexity index is 793. The first-order valence-corrected chi connectivity index (χ1v) is 7.07. The third kappa shape index (κ3) is 1.77. The lowest BCUT2D eigenvalue weighted by Crippen LogP contribution is -2.12. The van der Waals surface area contributed by atoms with Crippen LogP contribution in [0, 0.1) is 0 Å². The average Bonchev–Trinajstić information content (AvgIpc) is 3.10. The van der Waals surface area contributed by atoms with Crippen molar-refractivity contribution in [1.82, 2.24) is 14.4 Å². The average molecular weight is 269 g/mol. The monoisotopic (exact) mass is 269 g/mol. The van der Waals surface area contributed by atoms with E-state index in [2.05, 4.69) is 16.0 Å². The molecule has 4 nitrogen and oxygen atoms in total. The Morgan fingerprint density at radius 1 is 1.37 bits per heavy atom. The van der Waals surface area contributed by atoms with E-state index < -0.39 is 0 Å². The zero-order valence-electron chi connectivity index (χ0n) is 10.1. The minimum absolute atomic E-state index is 0.0121. The summed E-state index contributed by atoms with van der Waals surface area (Å²) in [5, 5.41) is 1.89. The summed E-state index contributed by atoms with van der Waals surface area (Å²) in [6, 6.07) is 5.71. The first-order chi connectivity index (χ1) is 9.33. The molecule has 0 saturated heterocycles. The number of rotatable bonds is 2. The van der Waals surface area contributed by atoms with Crippen molar-refractivity contribution >= 4 is 16.3 Å². The van der Waals surface area contributed by atoms with Crippen LogP contribution in [-0.4, -0.2) is 14.4 Å². The van der Waals surface area contributed by atoms with Gasteiger partial charge in [0.15, 0.2) is 4.96 Å². The smallest absolute Gasteiger partial charge is 0.258 e. The zero-order chi connectivity index (χ0) is 12.8. The van der Waals surface area contributed by atoms with Crippen LogP contribution in [0.5, 0.6) is 0 Å². The number of nitrogens with zero attached hydrogens (tertiary/aromatic N) is 3. The molecule has 1 aliphatic rings. The van der Waals surface area contributed by atoms with Crippen LogP contribution in [0.1, 0.15) is 29.5 Å². The van der Waals surface area contributed by atoms with Crippen LogP contribution in [0.3, 0.4) is 0 Å². The topological polar surface area (TPSA) is 47.3 Å². The van der Waals surface area contributed by atoms with E-state index in [1.165, 1.54) is 16.9 Å². The molecule has 0 radical (unpaired) electrons. The van der Waals surface area contributed by atoms with Gasteiger partial charge in [-0.15, -0.1) is 11.3 Å². The summed E-state index contributed by atoms with van der Waals surface area (Å²) in [5.41, 5.74) is 2.17. The zero-order valence-corrected chi connectivity index (χ0v) is 10.9. The molecule has 1 aliphatic carbocycles. The molecule has 0 spiro atoms. The van der Waals surface area contributed by atoms with Crippen LogP contribution in [0.15, 0.2) is 47.0 Å². The van der Waals surface area contributed by atoms with E-state index in [0.717, 1.165) is 17.1 Å². The molecular formula is C14H11N3OS. The second-order valence-electron chi connectivity index (χ2n) is 4.81. The minimum Gasteiger partial charge on any atom is -0.269 e. The molecule has 94 valence electrons. The Kier molecular flexibility index (Phi) is 2.29. The number of pyridine rings is 1. The lowest BCUT2D eigenvalue weighted by molar-refractivity contribution is 0.936. The molecule has 0 N–H and O–H groups in total. The normalized spacial score (nSPS) is 21.7. The number of fused-ring (bicyclic) bond motifs is 1. The first kappa shape index (κ1) is 10.9. The van der Waals surface area contributed by atoms with Crippen LogP contribution >= 0.6 is 11.3 Å². The van der Waals surface area contributed by atoms with Gasteiger partial charge in [-0.1, -0.05) is 6.07 Å². The summed E-state index contributed by atoms with van der Waals surface area (Å²) in [5.74, 6) is 0.826. The molecular weight excluding hydrogens is 258 g/mol. The van der Waals surface area contributed by atoms with Crippen LogP contribution in [0.4, 0.5) is 0 Å². The highest BCUT2D eigenvalue weighted by Crippen LogP contribution is 2.53. The van der Waals surface area contributed by atoms with Gasteiger partial charge in [-0.3, -0.25) is 14.2 Å². The van der Waals surface area contributed by atoms with Gasteiger partial charge in [-0.25, -0.2) is 4.98 Å². The van der Waals surface area contributed by atoms with Gasteiger partial charge in [0.2, 0.25) is 0 Å². The molecule has 19 heavy (non-hydrogen) atoms. The maximum atomic E-state index is 12.0. The van der Waals surface area contributed by atoms with E-state index in [0.29, 0.717) is 11.8 Å². The SMILES string of the molecule is O=c1cc(C2CC2c2cccnc2)nc2sccn12. The third-order valence-corrected chi connectivity index (χ3v) is 4.36. The van der Waals surface area contributed by atoms with Gasteiger partial charge in [-0.05, 0) is 24.0 Å². The highest BCUT2D eigenvalue weighted by atomic mass is 32.1. The van der Waals surface area contributed by atoms with Crippen molar-refractivity contribution in [3.05, 3.63) is 63.8 Å². The van der Waals surface area contributed by atoms with Crippen LogP contribution in [0.2, 0.25) is 0 Å². The van der Waals surface area contributed by atoms with Gasteiger partial charge >= 0.3 is 0 Å². The summed E-state index contributed by atoms with van der Waals surface area (Å²) < 4.78 is 1.59. The Morgan fingerprint density at radius 3 is 3.16 bits per heavy atom. The Morgan fingerprint density at radius 2 is 2.32 bits per heavy atom. The lowest BCUT2D eigenvalue weighted by atomic mass is 10.1. The molecule has 3 aromatic heterocycles. The van der Waals surface area contributed by atoms with E-state index in [-0.39, 0.29) is 5.56 Å². The second kappa shape index (κ2) is 3.99. The van der Waals surface area contributed by atoms with E-state index in [1.807, 2.05) is 17.6 Å². The van der Waals surface area contributed by atoms with E-state index in [1.54, 1.807) is 22.9 Å². The minimum atomic E-state index is 0.0121. The van der Waals surface area contributed by atoms with E-state index in [9.17, 15) is 4.79 Å². The van der Waals surface area contributed by atoms with Crippen LogP contribution < -0.4 is 5.56 Å². The number of thiazole rings is 1. The van der Waals surface area contributed by atoms with Crippen molar-refractivity contribution < 1.29 is 0 Å². The van der Waals surface area contributed by atoms with Crippen molar-refractivity contribution in [1.29, 1.82) is 0 Å². The molecule has 1 saturated carbocycles. The molecule has 4 rings (SSSR count). The number of hydrogen-bond acceptors (Lipinski definition) is 4. The predicted molar refractivity (Wildman–Crippen MR) is 73.7 cm³/mol. The summed E-state index contributed by atoms with van der Waals surface area (Å²) in [4.78, 5) is 21.5. The first-order valence-electron chi connectivity index (χ1n) is 6.19. The van der Waals surface area contributed by atoms with Gasteiger partial charge in [0.25, 0.3) is 5.56 Å². The Hall–Kier alpha value is -2.01. The van der Waals surface area contributed by atoms with Crippen molar-refractivity contribution in [2.24, 2.45) is 0 Å². The van der Waals surface area contributed by atoms with Crippen molar-refractivity contribution in [3.8, 4) is 0 Å². The third-order valence-electron chi connectivity index (χ3n) is 3.61. The maximum Gasteiger partial charge on any atom is 0.258 e. The summed E-state index contributed by atoms with van der Waals surface area (Å²) in [7, 11) is 0. The Labute approximate surface area is 113 Å². The fourth-order valence-corrected chi connectivity index (χ4v) is 3.26. The van der Waals surface area contributed by atoms with Crippen molar-refractivity contribution in [2.75, 3.05) is 0 Å². The van der Waals surface area contributed by atoms with Crippen molar-refractivity contribution in [2.45, 2.75) is 18.3 Å². The summed E-state index contributed by atoms with van der Waals surface area (Å²) in [6.45, 7) is 0. The van der Waals surface area contributed by atoms with Gasteiger partial charge < -0.3 is 0 Å². The molecule has 2 atom stereocenters. The molecule has 5 heteroatoms. The molecule has 1 fully saturated rings. The molecule has 0 aromatic carbocycles. The number of aromatic nitrogens is 3. The predicted octanol–water partition coefficient (Wildman–Crippen LogP) is 2.42. The molecule has 0 aliphatic heterocycles. The highest BCUT2D eigenvalue weighted by Gasteiger charge is 2.41. The fraction of sp³-hybridized carbons (Fsp3) is 0.214. The Balaban J connectivity index is 1.72. The van der Waals surface area contributed by atoms with Gasteiger partial charge in [-0.2, -0.15) is 0 Å². The standard InChI is InChI=1S/C14H11N3OS/c18-13-7-12(16-14-17(13)4-5-19-14)11-6-10(11)9-2-1-3-15-8-9/h1-5,7-8,10-11H,6H2. The van der Waals surface area contributed by atoms with E-state index in [4.69, 9.17) is 0 Å². The highest BCUT2D eigenvalue weighted by molar-refractivity contribution is 7.15. The van der Waals surface area contributed by atoms with E-state index >= 15 is 0 Å². The fourth-order valence-electron chi connectivity index (χ4n) is 2.53. The largest absolute Gasteiger partial charge is 0.269 e. The van der Waals surface area contributed by atoms with Gasteiger partial charge in [0, 0.05) is 36.0 Å². The quantitative estimate of drug-likeness (QED) is 0.718. The molecule has 0 bridgehead atoms. The molecule has 2 unspecified atom stereocenters. The second-order valence-corrected chi connectivity index (χ2v) is 5.68. The van der Waals surface area contributed by atoms with Crippen molar-refractivity contribution in [3.63, 3.8) is 0 Å². The number of hydrogen-bond donors (Lipinski definition) is 0. The van der Waals surface area contributed by atoms with Crippen LogP contribution in [-0.2, 0) is 0 Å². The summed E-state index contributed by atoms with van der Waals surface area (Å²) in [6.07, 6.45) is 6.51. The van der Waals surface area contributed by atoms with Crippen LogP contribution in [0.25, 0.3) is 4.96 Å². The maximum absolute atomic E-state index is 12.0. The molecule has 3 heterocycles.